The van der Waals surface area contributed by atoms with Crippen molar-refractivity contribution in [2.24, 2.45) is 0 Å². The fourth-order valence-electron chi connectivity index (χ4n) is 2.79. The van der Waals surface area contributed by atoms with Gasteiger partial charge < -0.3 is 10.0 Å². The topological polar surface area (TPSA) is 57.8 Å². The summed E-state index contributed by atoms with van der Waals surface area (Å²) in [5.74, 6) is 0. The van der Waals surface area contributed by atoms with E-state index in [1.165, 1.54) is 0 Å². The molecular weight excluding hydrogens is 302 g/mol. The number of hydrogen-bond donors (Lipinski definition) is 1. The summed E-state index contributed by atoms with van der Waals surface area (Å²) in [4.78, 5) is 19.1. The molecule has 24 heavy (non-hydrogen) atoms. The van der Waals surface area contributed by atoms with Crippen LogP contribution in [0.1, 0.15) is 17.7 Å². The molecule has 5 nitrogen and oxygen atoms in total. The zero-order chi connectivity index (χ0) is 16.9. The molecule has 3 rings (SSSR count). The molecule has 2 aromatic heterocycles. The van der Waals surface area contributed by atoms with E-state index in [1.54, 1.807) is 16.7 Å². The van der Waals surface area contributed by atoms with Crippen LogP contribution in [0.5, 0.6) is 0 Å². The highest BCUT2D eigenvalue weighted by Crippen LogP contribution is 2.16. The molecule has 0 unspecified atom stereocenters. The molecule has 0 saturated heterocycles. The molecule has 1 aromatic carbocycles. The van der Waals surface area contributed by atoms with Gasteiger partial charge in [0.1, 0.15) is 5.65 Å². The first-order valence-corrected chi connectivity index (χ1v) is 8.08. The Labute approximate surface area is 140 Å². The molecule has 0 saturated carbocycles. The minimum absolute atomic E-state index is 0.0751. The summed E-state index contributed by atoms with van der Waals surface area (Å²) < 4.78 is 1.57. The zero-order valence-electron chi connectivity index (χ0n) is 13.7. The predicted octanol–water partition coefficient (Wildman–Crippen LogP) is 2.39. The van der Waals surface area contributed by atoms with Crippen LogP contribution in [0.2, 0.25) is 0 Å². The Morgan fingerprint density at radius 3 is 2.71 bits per heavy atom. The number of aromatic nitrogens is 2. The van der Waals surface area contributed by atoms with Crippen molar-refractivity contribution < 1.29 is 5.11 Å². The van der Waals surface area contributed by atoms with E-state index in [4.69, 9.17) is 5.11 Å². The van der Waals surface area contributed by atoms with Gasteiger partial charge in [-0.15, -0.1) is 0 Å². The Morgan fingerprint density at radius 1 is 1.17 bits per heavy atom. The van der Waals surface area contributed by atoms with E-state index in [1.807, 2.05) is 49.4 Å². The van der Waals surface area contributed by atoms with Gasteiger partial charge in [0.2, 0.25) is 0 Å². The van der Waals surface area contributed by atoms with Crippen molar-refractivity contribution >= 4 is 11.3 Å². The fourth-order valence-corrected chi connectivity index (χ4v) is 2.79. The summed E-state index contributed by atoms with van der Waals surface area (Å²) in [5.41, 5.74) is 3.37. The maximum atomic E-state index is 12.3. The molecule has 3 aromatic rings. The molecular formula is C19H21N3O2. The lowest BCUT2D eigenvalue weighted by Gasteiger charge is -2.24. The molecule has 0 fully saturated rings. The third-order valence-electron chi connectivity index (χ3n) is 4.00. The predicted molar refractivity (Wildman–Crippen MR) is 95.4 cm³/mol. The molecule has 124 valence electrons. The van der Waals surface area contributed by atoms with E-state index in [0.717, 1.165) is 16.9 Å². The summed E-state index contributed by atoms with van der Waals surface area (Å²) in [7, 11) is 0. The van der Waals surface area contributed by atoms with Crippen molar-refractivity contribution in [3.05, 3.63) is 76.3 Å². The van der Waals surface area contributed by atoms with Crippen LogP contribution in [-0.2, 0) is 6.54 Å². The molecule has 0 bridgehead atoms. The number of pyridine rings is 1. The lowest BCUT2D eigenvalue weighted by molar-refractivity contribution is 0.289. The van der Waals surface area contributed by atoms with Gasteiger partial charge in [0.05, 0.1) is 12.2 Å². The minimum Gasteiger partial charge on any atom is -0.396 e. The second kappa shape index (κ2) is 7.27. The standard InChI is InChI=1S/C19H21N3O2/c1-15-7-5-11-22-18(24)13-16(20-19(15)22)14-21(10-6-12-23)17-8-3-2-4-9-17/h2-5,7-9,11,13,23H,6,10,12,14H2,1H3. The number of nitrogens with zero attached hydrogens (tertiary/aromatic N) is 3. The van der Waals surface area contributed by atoms with Gasteiger partial charge in [0.15, 0.2) is 0 Å². The number of aliphatic hydroxyl groups excluding tert-OH is 1. The van der Waals surface area contributed by atoms with Crippen LogP contribution < -0.4 is 10.5 Å². The molecule has 0 aliphatic heterocycles. The number of aliphatic hydroxyl groups is 1. The van der Waals surface area contributed by atoms with Crippen LogP contribution in [0, 0.1) is 6.92 Å². The molecule has 1 N–H and O–H groups in total. The largest absolute Gasteiger partial charge is 0.396 e. The van der Waals surface area contributed by atoms with Crippen LogP contribution in [-0.4, -0.2) is 27.6 Å². The lowest BCUT2D eigenvalue weighted by Crippen LogP contribution is -2.27. The highest BCUT2D eigenvalue weighted by atomic mass is 16.3. The van der Waals surface area contributed by atoms with Crippen LogP contribution in [0.25, 0.3) is 5.65 Å². The monoisotopic (exact) mass is 323 g/mol. The fraction of sp³-hybridized carbons (Fsp3) is 0.263. The van der Waals surface area contributed by atoms with Gasteiger partial charge in [-0.25, -0.2) is 4.98 Å². The molecule has 2 heterocycles. The van der Waals surface area contributed by atoms with Gasteiger partial charge in [-0.05, 0) is 37.1 Å². The van der Waals surface area contributed by atoms with Gasteiger partial charge in [0.25, 0.3) is 5.56 Å². The van der Waals surface area contributed by atoms with Crippen molar-refractivity contribution in [1.29, 1.82) is 0 Å². The number of anilines is 1. The number of rotatable bonds is 6. The van der Waals surface area contributed by atoms with Gasteiger partial charge >= 0.3 is 0 Å². The Morgan fingerprint density at radius 2 is 1.96 bits per heavy atom. The van der Waals surface area contributed by atoms with Crippen molar-refractivity contribution in [1.82, 2.24) is 9.38 Å². The van der Waals surface area contributed by atoms with Gasteiger partial charge in [-0.1, -0.05) is 24.3 Å². The Balaban J connectivity index is 1.96. The average molecular weight is 323 g/mol. The number of fused-ring (bicyclic) bond motifs is 1. The smallest absolute Gasteiger partial charge is 0.258 e. The van der Waals surface area contributed by atoms with Crippen LogP contribution in [0.15, 0.2) is 59.5 Å². The van der Waals surface area contributed by atoms with Gasteiger partial charge in [-0.2, -0.15) is 0 Å². The maximum Gasteiger partial charge on any atom is 0.258 e. The zero-order valence-corrected chi connectivity index (χ0v) is 13.7. The minimum atomic E-state index is -0.0751. The second-order valence-electron chi connectivity index (χ2n) is 5.80. The van der Waals surface area contributed by atoms with Crippen molar-refractivity contribution in [3.63, 3.8) is 0 Å². The first-order chi connectivity index (χ1) is 11.7. The second-order valence-corrected chi connectivity index (χ2v) is 5.80. The molecule has 0 radical (unpaired) electrons. The molecule has 0 aliphatic carbocycles. The summed E-state index contributed by atoms with van der Waals surface area (Å²) in [6.07, 6.45) is 2.41. The molecule has 0 amide bonds. The molecule has 0 aliphatic rings. The highest BCUT2D eigenvalue weighted by Gasteiger charge is 2.10. The van der Waals surface area contributed by atoms with Crippen molar-refractivity contribution in [3.8, 4) is 0 Å². The van der Waals surface area contributed by atoms with Gasteiger partial charge in [-0.3, -0.25) is 9.20 Å². The van der Waals surface area contributed by atoms with Crippen LogP contribution >= 0.6 is 0 Å². The normalized spacial score (nSPS) is 10.9. The Hall–Kier alpha value is -2.66. The van der Waals surface area contributed by atoms with Crippen LogP contribution in [0.4, 0.5) is 5.69 Å². The maximum absolute atomic E-state index is 12.3. The molecule has 0 atom stereocenters. The third-order valence-corrected chi connectivity index (χ3v) is 4.00. The summed E-state index contributed by atoms with van der Waals surface area (Å²) in [6, 6.07) is 15.4. The summed E-state index contributed by atoms with van der Waals surface area (Å²) in [6.45, 7) is 3.32. The SMILES string of the molecule is Cc1cccn2c(=O)cc(CN(CCCO)c3ccccc3)nc12. The van der Waals surface area contributed by atoms with Crippen molar-refractivity contribution in [2.45, 2.75) is 19.9 Å². The summed E-state index contributed by atoms with van der Waals surface area (Å²) in [5, 5.41) is 9.15. The van der Waals surface area contributed by atoms with E-state index in [-0.39, 0.29) is 12.2 Å². The lowest BCUT2D eigenvalue weighted by atomic mass is 10.2. The van der Waals surface area contributed by atoms with Gasteiger partial charge in [0, 0.05) is 31.1 Å². The first-order valence-electron chi connectivity index (χ1n) is 8.08. The number of benzene rings is 1. The van der Waals surface area contributed by atoms with E-state index < -0.39 is 0 Å². The van der Waals surface area contributed by atoms with E-state index in [2.05, 4.69) is 9.88 Å². The van der Waals surface area contributed by atoms with E-state index in [0.29, 0.717) is 25.2 Å². The highest BCUT2D eigenvalue weighted by molar-refractivity contribution is 5.49. The van der Waals surface area contributed by atoms with Crippen molar-refractivity contribution in [2.75, 3.05) is 18.1 Å². The Bertz CT molecular complexity index is 875. The summed E-state index contributed by atoms with van der Waals surface area (Å²) >= 11 is 0. The first kappa shape index (κ1) is 16.2. The molecule has 0 spiro atoms. The average Bonchev–Trinajstić information content (AvgIpc) is 2.60. The number of aryl methyl sites for hydroxylation is 1. The Kier molecular flexibility index (Phi) is 4.91. The van der Waals surface area contributed by atoms with Crippen LogP contribution in [0.3, 0.4) is 0 Å². The number of hydrogen-bond acceptors (Lipinski definition) is 4. The van der Waals surface area contributed by atoms with E-state index >= 15 is 0 Å². The third kappa shape index (κ3) is 3.46. The number of para-hydroxylation sites is 1. The quantitative estimate of drug-likeness (QED) is 0.757. The molecule has 5 heteroatoms. The van der Waals surface area contributed by atoms with E-state index in [9.17, 15) is 4.79 Å².